The summed E-state index contributed by atoms with van der Waals surface area (Å²) >= 11 is 1.36. The summed E-state index contributed by atoms with van der Waals surface area (Å²) in [5, 5.41) is 14.8. The summed E-state index contributed by atoms with van der Waals surface area (Å²) in [5.74, 6) is -0.00435. The second kappa shape index (κ2) is 7.93. The summed E-state index contributed by atoms with van der Waals surface area (Å²) in [7, 11) is 1.76. The lowest BCUT2D eigenvalue weighted by molar-refractivity contribution is -0.121. The van der Waals surface area contributed by atoms with Crippen molar-refractivity contribution in [2.45, 2.75) is 43.1 Å². The van der Waals surface area contributed by atoms with E-state index in [1.165, 1.54) is 11.8 Å². The van der Waals surface area contributed by atoms with Crippen molar-refractivity contribution in [1.82, 2.24) is 25.5 Å². The number of aryl methyl sites for hydroxylation is 1. The van der Waals surface area contributed by atoms with E-state index in [-0.39, 0.29) is 17.2 Å². The molecule has 0 fully saturated rings. The van der Waals surface area contributed by atoms with Crippen molar-refractivity contribution in [3.05, 3.63) is 35.9 Å². The van der Waals surface area contributed by atoms with Crippen LogP contribution in [0.25, 0.3) is 0 Å². The summed E-state index contributed by atoms with van der Waals surface area (Å²) < 4.78 is 1.56. The smallest absolute Gasteiger partial charge is 0.233 e. The molecule has 0 saturated heterocycles. The third kappa shape index (κ3) is 4.30. The SMILES string of the molecule is CCC[C@@H](NC(=O)[C@@H](C)Sc1nnnn1C)c1ccccc1. The summed E-state index contributed by atoms with van der Waals surface area (Å²) in [6, 6.07) is 10.1. The predicted molar refractivity (Wildman–Crippen MR) is 86.4 cm³/mol. The van der Waals surface area contributed by atoms with Crippen LogP contribution in [0.4, 0.5) is 0 Å². The van der Waals surface area contributed by atoms with Gasteiger partial charge < -0.3 is 5.32 Å². The number of carbonyl (C=O) groups is 1. The van der Waals surface area contributed by atoms with Gasteiger partial charge in [0.05, 0.1) is 11.3 Å². The van der Waals surface area contributed by atoms with E-state index in [1.54, 1.807) is 11.7 Å². The summed E-state index contributed by atoms with van der Waals surface area (Å²) in [6.07, 6.45) is 1.92. The Hall–Kier alpha value is -1.89. The normalized spacial score (nSPS) is 13.6. The maximum Gasteiger partial charge on any atom is 0.233 e. The van der Waals surface area contributed by atoms with Crippen LogP contribution in [-0.2, 0) is 11.8 Å². The highest BCUT2D eigenvalue weighted by molar-refractivity contribution is 8.00. The second-order valence-corrected chi connectivity index (χ2v) is 6.41. The summed E-state index contributed by atoms with van der Waals surface area (Å²) in [4.78, 5) is 12.4. The molecule has 0 bridgehead atoms. The van der Waals surface area contributed by atoms with Gasteiger partial charge in [-0.3, -0.25) is 4.79 Å². The molecule has 1 N–H and O–H groups in total. The molecule has 1 heterocycles. The van der Waals surface area contributed by atoms with Crippen LogP contribution in [0, 0.1) is 0 Å². The monoisotopic (exact) mass is 319 g/mol. The Kier molecular flexibility index (Phi) is 5.94. The first-order valence-corrected chi connectivity index (χ1v) is 8.24. The fourth-order valence-corrected chi connectivity index (χ4v) is 2.88. The van der Waals surface area contributed by atoms with Crippen LogP contribution in [0.2, 0.25) is 0 Å². The molecule has 118 valence electrons. The van der Waals surface area contributed by atoms with Gasteiger partial charge in [0, 0.05) is 7.05 Å². The van der Waals surface area contributed by atoms with E-state index in [4.69, 9.17) is 0 Å². The van der Waals surface area contributed by atoms with Crippen molar-refractivity contribution in [2.24, 2.45) is 7.05 Å². The standard InChI is InChI=1S/C15H21N5OS/c1-4-8-13(12-9-6-5-7-10-12)16-14(21)11(2)22-15-17-18-19-20(15)3/h5-7,9-11,13H,4,8H2,1-3H3,(H,16,21)/t11-,13-/m1/s1. The van der Waals surface area contributed by atoms with Gasteiger partial charge in [0.2, 0.25) is 11.1 Å². The number of aromatic nitrogens is 4. The first-order valence-electron chi connectivity index (χ1n) is 7.36. The Morgan fingerprint density at radius 1 is 1.36 bits per heavy atom. The number of rotatable bonds is 7. The van der Waals surface area contributed by atoms with Crippen LogP contribution >= 0.6 is 11.8 Å². The molecule has 2 rings (SSSR count). The van der Waals surface area contributed by atoms with Crippen molar-refractivity contribution in [3.63, 3.8) is 0 Å². The first-order chi connectivity index (χ1) is 10.6. The highest BCUT2D eigenvalue weighted by Crippen LogP contribution is 2.22. The van der Waals surface area contributed by atoms with Gasteiger partial charge in [-0.15, -0.1) is 5.10 Å². The molecule has 6 nitrogen and oxygen atoms in total. The Morgan fingerprint density at radius 2 is 2.09 bits per heavy atom. The van der Waals surface area contributed by atoms with E-state index in [0.29, 0.717) is 5.16 Å². The number of hydrogen-bond donors (Lipinski definition) is 1. The van der Waals surface area contributed by atoms with Crippen molar-refractivity contribution in [2.75, 3.05) is 0 Å². The molecule has 2 atom stereocenters. The third-order valence-electron chi connectivity index (χ3n) is 3.33. The molecule has 0 aliphatic carbocycles. The average Bonchev–Trinajstić information content (AvgIpc) is 2.92. The number of tetrazole rings is 1. The Balaban J connectivity index is 2.00. The molecule has 7 heteroatoms. The maximum absolute atomic E-state index is 12.4. The van der Waals surface area contributed by atoms with Crippen LogP contribution in [0.1, 0.15) is 38.3 Å². The molecule has 1 amide bonds. The van der Waals surface area contributed by atoms with E-state index < -0.39 is 0 Å². The largest absolute Gasteiger partial charge is 0.348 e. The van der Waals surface area contributed by atoms with Gasteiger partial charge in [-0.05, 0) is 29.3 Å². The molecule has 2 aromatic rings. The van der Waals surface area contributed by atoms with E-state index in [1.807, 2.05) is 37.3 Å². The van der Waals surface area contributed by atoms with Gasteiger partial charge in [0.25, 0.3) is 0 Å². The lowest BCUT2D eigenvalue weighted by Gasteiger charge is -2.20. The highest BCUT2D eigenvalue weighted by Gasteiger charge is 2.21. The van der Waals surface area contributed by atoms with Gasteiger partial charge in [-0.1, -0.05) is 55.4 Å². The van der Waals surface area contributed by atoms with E-state index in [0.717, 1.165) is 18.4 Å². The van der Waals surface area contributed by atoms with Crippen LogP contribution in [0.15, 0.2) is 35.5 Å². The van der Waals surface area contributed by atoms with Crippen molar-refractivity contribution in [3.8, 4) is 0 Å². The molecule has 0 spiro atoms. The summed E-state index contributed by atoms with van der Waals surface area (Å²) in [6.45, 7) is 3.98. The maximum atomic E-state index is 12.4. The topological polar surface area (TPSA) is 72.7 Å². The quantitative estimate of drug-likeness (QED) is 0.793. The van der Waals surface area contributed by atoms with E-state index in [9.17, 15) is 4.79 Å². The van der Waals surface area contributed by atoms with Crippen LogP contribution in [-0.4, -0.2) is 31.4 Å². The number of amides is 1. The fraction of sp³-hybridized carbons (Fsp3) is 0.467. The number of carbonyl (C=O) groups excluding carboxylic acids is 1. The summed E-state index contributed by atoms with van der Waals surface area (Å²) in [5.41, 5.74) is 1.13. The van der Waals surface area contributed by atoms with Gasteiger partial charge in [-0.2, -0.15) is 0 Å². The first kappa shape index (κ1) is 16.5. The van der Waals surface area contributed by atoms with Crippen molar-refractivity contribution in [1.29, 1.82) is 0 Å². The van der Waals surface area contributed by atoms with Gasteiger partial charge >= 0.3 is 0 Å². The minimum absolute atomic E-state index is 0.00435. The lowest BCUT2D eigenvalue weighted by Crippen LogP contribution is -2.34. The van der Waals surface area contributed by atoms with Crippen LogP contribution < -0.4 is 5.32 Å². The zero-order valence-electron chi connectivity index (χ0n) is 13.1. The number of nitrogens with one attached hydrogen (secondary N) is 1. The zero-order valence-corrected chi connectivity index (χ0v) is 13.9. The molecule has 0 unspecified atom stereocenters. The highest BCUT2D eigenvalue weighted by atomic mass is 32.2. The van der Waals surface area contributed by atoms with Gasteiger partial charge in [0.1, 0.15) is 0 Å². The fourth-order valence-electron chi connectivity index (χ4n) is 2.12. The number of benzene rings is 1. The van der Waals surface area contributed by atoms with Gasteiger partial charge in [-0.25, -0.2) is 4.68 Å². The molecule has 0 aliphatic rings. The second-order valence-electron chi connectivity index (χ2n) is 5.11. The van der Waals surface area contributed by atoms with Crippen LogP contribution in [0.3, 0.4) is 0 Å². The number of hydrogen-bond acceptors (Lipinski definition) is 5. The minimum atomic E-state index is -0.257. The Labute approximate surface area is 134 Å². The minimum Gasteiger partial charge on any atom is -0.348 e. The Bertz CT molecular complexity index is 601. The molecular formula is C15H21N5OS. The molecule has 0 aliphatic heterocycles. The Morgan fingerprint density at radius 3 is 2.68 bits per heavy atom. The molecular weight excluding hydrogens is 298 g/mol. The molecule has 1 aromatic carbocycles. The van der Waals surface area contributed by atoms with Crippen molar-refractivity contribution >= 4 is 17.7 Å². The number of nitrogens with zero attached hydrogens (tertiary/aromatic N) is 4. The van der Waals surface area contributed by atoms with E-state index in [2.05, 4.69) is 27.8 Å². The predicted octanol–water partition coefficient (Wildman–Crippen LogP) is 2.35. The molecule has 0 radical (unpaired) electrons. The average molecular weight is 319 g/mol. The molecule has 1 aromatic heterocycles. The van der Waals surface area contributed by atoms with Crippen LogP contribution in [0.5, 0.6) is 0 Å². The number of thioether (sulfide) groups is 1. The third-order valence-corrected chi connectivity index (χ3v) is 4.45. The lowest BCUT2D eigenvalue weighted by atomic mass is 10.0. The van der Waals surface area contributed by atoms with Crippen molar-refractivity contribution < 1.29 is 4.79 Å². The van der Waals surface area contributed by atoms with E-state index >= 15 is 0 Å². The zero-order chi connectivity index (χ0) is 15.9. The molecule has 0 saturated carbocycles. The molecule has 22 heavy (non-hydrogen) atoms. The van der Waals surface area contributed by atoms with Gasteiger partial charge in [0.15, 0.2) is 0 Å².